The summed E-state index contributed by atoms with van der Waals surface area (Å²) in [7, 11) is -4.10. The fourth-order valence-corrected chi connectivity index (χ4v) is 0.337. The first-order chi connectivity index (χ1) is 3.81. The molecule has 0 aliphatic heterocycles. The molecule has 0 saturated carbocycles. The van der Waals surface area contributed by atoms with Crippen LogP contribution in [-0.2, 0) is 18.8 Å². The van der Waals surface area contributed by atoms with Crippen LogP contribution in [0.15, 0.2) is 0 Å². The summed E-state index contributed by atoms with van der Waals surface area (Å²) in [6, 6.07) is 0. The molecule has 0 amide bonds. The molecule has 0 fully saturated rings. The van der Waals surface area contributed by atoms with Crippen molar-refractivity contribution in [3.63, 3.8) is 0 Å². The largest absolute Gasteiger partial charge is 0.326 e. The lowest BCUT2D eigenvalue weighted by Crippen LogP contribution is -2.30. The van der Waals surface area contributed by atoms with E-state index in [2.05, 4.69) is 9.22 Å². The lowest BCUT2D eigenvalue weighted by Gasteiger charge is -2.21. The second-order valence-electron chi connectivity index (χ2n) is 1.90. The highest BCUT2D eigenvalue weighted by Gasteiger charge is 2.22. The molecular formula is C3H7NO4S. The molecule has 54 valence electrons. The normalized spacial score (nSPS) is 15.1. The number of nitriles is 1. The molecule has 0 rings (SSSR count). The Morgan fingerprint density at radius 3 is 2.22 bits per heavy atom. The zero-order valence-corrected chi connectivity index (χ0v) is 5.84. The summed E-state index contributed by atoms with van der Waals surface area (Å²) in [4.78, 5) is 3.59. The van der Waals surface area contributed by atoms with E-state index in [1.54, 1.807) is 0 Å². The predicted octanol–water partition coefficient (Wildman–Crippen LogP) is -0.117. The van der Waals surface area contributed by atoms with Crippen LogP contribution in [0.2, 0.25) is 0 Å². The molecule has 0 aromatic heterocycles. The quantitative estimate of drug-likeness (QED) is 0.340. The van der Waals surface area contributed by atoms with Gasteiger partial charge in [0.1, 0.15) is 9.63 Å². The van der Waals surface area contributed by atoms with Gasteiger partial charge in [-0.15, -0.1) is 5.26 Å². The third-order valence-electron chi connectivity index (χ3n) is 0.266. The highest BCUT2D eigenvalue weighted by molar-refractivity contribution is 8.09. The number of hydrogen-bond acceptors (Lipinski definition) is 4. The summed E-state index contributed by atoms with van der Waals surface area (Å²) in [6.45, 7) is 0. The molecule has 0 radical (unpaired) electrons. The van der Waals surface area contributed by atoms with Crippen molar-refractivity contribution in [2.75, 3.05) is 12.5 Å². The van der Waals surface area contributed by atoms with Crippen LogP contribution in [0.1, 0.15) is 0 Å². The van der Waals surface area contributed by atoms with E-state index in [9.17, 15) is 4.21 Å². The topological polar surface area (TPSA) is 79.6 Å². The van der Waals surface area contributed by atoms with Gasteiger partial charge < -0.3 is 4.55 Å². The van der Waals surface area contributed by atoms with Crippen LogP contribution in [-0.4, -0.2) is 21.3 Å². The van der Waals surface area contributed by atoms with Gasteiger partial charge in [-0.25, -0.2) is 9.10 Å². The monoisotopic (exact) mass is 153 g/mol. The van der Waals surface area contributed by atoms with Crippen molar-refractivity contribution in [1.82, 2.24) is 0 Å². The first kappa shape index (κ1) is 8.36. The highest BCUT2D eigenvalue weighted by Crippen LogP contribution is 2.12. The van der Waals surface area contributed by atoms with Gasteiger partial charge in [0.25, 0.3) is 0 Å². The van der Waals surface area contributed by atoms with Crippen molar-refractivity contribution >= 4 is 9.63 Å². The fraction of sp³-hybridized carbons (Fsp3) is 0.667. The second kappa shape index (κ2) is 1.95. The molecule has 0 aliphatic carbocycles. The van der Waals surface area contributed by atoms with Gasteiger partial charge in [0.15, 0.2) is 0 Å². The lowest BCUT2D eigenvalue weighted by atomic mass is 11.6. The van der Waals surface area contributed by atoms with Crippen LogP contribution in [0.4, 0.5) is 0 Å². The van der Waals surface area contributed by atoms with Crippen molar-refractivity contribution in [3.8, 4) is 6.26 Å². The molecule has 1 N–H and O–H groups in total. The van der Waals surface area contributed by atoms with Gasteiger partial charge in [-0.2, -0.15) is 0 Å². The molecule has 6 heteroatoms. The van der Waals surface area contributed by atoms with Crippen LogP contribution in [0.5, 0.6) is 0 Å². The summed E-state index contributed by atoms with van der Waals surface area (Å²) in [5, 5.41) is 7.71. The highest BCUT2D eigenvalue weighted by atomic mass is 32.3. The zero-order chi connectivity index (χ0) is 7.57. The molecule has 0 bridgehead atoms. The van der Waals surface area contributed by atoms with E-state index in [1.165, 1.54) is 0 Å². The molecule has 0 aromatic rings. The van der Waals surface area contributed by atoms with Gasteiger partial charge in [0.2, 0.25) is 0 Å². The lowest BCUT2D eigenvalue weighted by molar-refractivity contribution is -0.140. The van der Waals surface area contributed by atoms with E-state index in [0.717, 1.165) is 18.8 Å². The first-order valence-corrected chi connectivity index (χ1v) is 4.59. The Bertz CT molecular complexity index is 187. The fourth-order valence-electron chi connectivity index (χ4n) is 0.112. The van der Waals surface area contributed by atoms with Gasteiger partial charge >= 0.3 is 6.26 Å². The minimum absolute atomic E-state index is 0.925. The zero-order valence-electron chi connectivity index (χ0n) is 5.03. The van der Waals surface area contributed by atoms with E-state index in [-0.39, 0.29) is 0 Å². The molecule has 0 unspecified atom stereocenters. The molecule has 0 spiro atoms. The maximum atomic E-state index is 10.6. The van der Waals surface area contributed by atoms with Crippen molar-refractivity contribution in [1.29, 1.82) is 5.26 Å². The van der Waals surface area contributed by atoms with Crippen LogP contribution in [0, 0.1) is 11.5 Å². The van der Waals surface area contributed by atoms with Gasteiger partial charge in [-0.05, 0) is 0 Å². The second-order valence-corrected chi connectivity index (χ2v) is 5.35. The maximum Gasteiger partial charge on any atom is 0.326 e. The smallest absolute Gasteiger partial charge is 0.305 e. The van der Waals surface area contributed by atoms with Gasteiger partial charge in [-0.3, -0.25) is 0 Å². The van der Waals surface area contributed by atoms with E-state index in [0.29, 0.717) is 0 Å². The Hall–Kier alpha value is -0.640. The van der Waals surface area contributed by atoms with Gasteiger partial charge in [0, 0.05) is 12.5 Å². The van der Waals surface area contributed by atoms with Crippen molar-refractivity contribution in [2.45, 2.75) is 0 Å². The molecular weight excluding hydrogens is 146 g/mol. The SMILES string of the molecule is CS(C)(=O)(O)OOC#N. The summed E-state index contributed by atoms with van der Waals surface area (Å²) in [5.74, 6) is 0. The Morgan fingerprint density at radius 2 is 2.11 bits per heavy atom. The number of hydrogen-bond donors (Lipinski definition) is 1. The Kier molecular flexibility index (Phi) is 1.81. The van der Waals surface area contributed by atoms with Crippen molar-refractivity contribution in [3.05, 3.63) is 0 Å². The predicted molar refractivity (Wildman–Crippen MR) is 30.4 cm³/mol. The summed E-state index contributed by atoms with van der Waals surface area (Å²) >= 11 is 0. The third kappa shape index (κ3) is 7.36. The van der Waals surface area contributed by atoms with Crippen molar-refractivity contribution in [2.24, 2.45) is 0 Å². The van der Waals surface area contributed by atoms with Gasteiger partial charge in [0.05, 0.1) is 0 Å². The molecule has 0 saturated heterocycles. The van der Waals surface area contributed by atoms with E-state index in [1.807, 2.05) is 0 Å². The molecule has 0 aliphatic rings. The first-order valence-electron chi connectivity index (χ1n) is 1.93. The molecule has 0 atom stereocenters. The van der Waals surface area contributed by atoms with E-state index in [4.69, 9.17) is 9.81 Å². The average molecular weight is 153 g/mol. The summed E-state index contributed by atoms with van der Waals surface area (Å²) < 4.78 is 23.1. The minimum atomic E-state index is -4.10. The van der Waals surface area contributed by atoms with Crippen LogP contribution in [0.25, 0.3) is 0 Å². The van der Waals surface area contributed by atoms with Crippen LogP contribution in [0.3, 0.4) is 0 Å². The summed E-state index contributed by atoms with van der Waals surface area (Å²) in [5.41, 5.74) is 0. The minimum Gasteiger partial charge on any atom is -0.305 e. The molecule has 0 heterocycles. The Morgan fingerprint density at radius 1 is 1.67 bits per heavy atom. The maximum absolute atomic E-state index is 10.6. The molecule has 9 heavy (non-hydrogen) atoms. The summed E-state index contributed by atoms with van der Waals surface area (Å²) in [6.07, 6.45) is 2.94. The number of rotatable bonds is 2. The van der Waals surface area contributed by atoms with E-state index >= 15 is 0 Å². The average Bonchev–Trinajstić information content (AvgIpc) is 1.57. The molecule has 0 aromatic carbocycles. The van der Waals surface area contributed by atoms with Gasteiger partial charge in [-0.1, -0.05) is 4.33 Å². The van der Waals surface area contributed by atoms with Crippen LogP contribution < -0.4 is 0 Å². The van der Waals surface area contributed by atoms with Crippen molar-refractivity contribution < 1.29 is 18.0 Å². The molecule has 5 nitrogen and oxygen atoms in total. The third-order valence-corrected chi connectivity index (χ3v) is 0.722. The Balaban J connectivity index is 3.95. The Labute approximate surface area is 52.5 Å². The standard InChI is InChI=1S/C3H7NO4S/c1-9(2,5,6)8-7-3-4/h1-2H3,(H,5,6). The van der Waals surface area contributed by atoms with E-state index < -0.39 is 9.63 Å². The van der Waals surface area contributed by atoms with Crippen LogP contribution >= 0.6 is 0 Å². The number of nitrogens with zero attached hydrogens (tertiary/aromatic N) is 1.